The number of carbonyl (C=O) groups excluding carboxylic acids is 4. The molecule has 0 aliphatic rings. The lowest BCUT2D eigenvalue weighted by atomic mass is 10.0. The molecule has 0 fully saturated rings. The molecule has 0 heterocycles. The third-order valence-electron chi connectivity index (χ3n) is 16.6. The first kappa shape index (κ1) is 89.1. The van der Waals surface area contributed by atoms with E-state index in [9.17, 15) is 43.2 Å². The number of esters is 4. The summed E-state index contributed by atoms with van der Waals surface area (Å²) in [5.41, 5.74) is 0. The highest BCUT2D eigenvalue weighted by Gasteiger charge is 2.30. The molecule has 0 saturated carbocycles. The Morgan fingerprint density at radius 3 is 0.681 bits per heavy atom. The molecule has 0 aromatic carbocycles. The molecule has 0 aromatic heterocycles. The zero-order chi connectivity index (χ0) is 67.5. The van der Waals surface area contributed by atoms with E-state index in [1.165, 1.54) is 161 Å². The number of phosphoric ester groups is 2. The van der Waals surface area contributed by atoms with Crippen LogP contribution in [-0.2, 0) is 65.4 Å². The Hall–Kier alpha value is -1.94. The van der Waals surface area contributed by atoms with Crippen molar-refractivity contribution in [2.75, 3.05) is 39.6 Å². The van der Waals surface area contributed by atoms with Crippen LogP contribution in [0.4, 0.5) is 0 Å². The van der Waals surface area contributed by atoms with Gasteiger partial charge in [-0.15, -0.1) is 0 Å². The molecule has 0 rings (SSSR count). The molecule has 0 amide bonds. The molecule has 19 heteroatoms. The Kier molecular flexibility index (Phi) is 60.3. The maximum Gasteiger partial charge on any atom is 0.472 e. The van der Waals surface area contributed by atoms with Crippen molar-refractivity contribution in [3.05, 3.63) is 0 Å². The third-order valence-corrected chi connectivity index (χ3v) is 18.5. The summed E-state index contributed by atoms with van der Waals surface area (Å²) in [4.78, 5) is 72.6. The Balaban J connectivity index is 5.20. The molecule has 0 aromatic rings. The molecule has 0 spiro atoms. The monoisotopic (exact) mass is 1340 g/mol. The van der Waals surface area contributed by atoms with Crippen LogP contribution in [0.25, 0.3) is 0 Å². The molecule has 91 heavy (non-hydrogen) atoms. The lowest BCUT2D eigenvalue weighted by Gasteiger charge is -2.21. The highest BCUT2D eigenvalue weighted by Crippen LogP contribution is 2.45. The minimum Gasteiger partial charge on any atom is -0.462 e. The van der Waals surface area contributed by atoms with E-state index in [4.69, 9.17) is 37.0 Å². The van der Waals surface area contributed by atoms with E-state index in [0.29, 0.717) is 31.6 Å². The van der Waals surface area contributed by atoms with E-state index in [2.05, 4.69) is 55.4 Å². The van der Waals surface area contributed by atoms with Gasteiger partial charge in [-0.3, -0.25) is 37.3 Å². The van der Waals surface area contributed by atoms with E-state index in [1.807, 2.05) is 0 Å². The van der Waals surface area contributed by atoms with Gasteiger partial charge < -0.3 is 33.8 Å². The maximum absolute atomic E-state index is 13.0. The number of phosphoric acid groups is 2. The SMILES string of the molecule is CC(C)CCCCCCCCCCCCCCCCCC(=O)OC[C@H](COP(=O)(O)OCC(O)COP(=O)(O)OC[C@@H](COC(=O)CCCCCCCCCCC(C)C)OC(=O)CCCCCCCCCCCC(C)C)OC(=O)CCCCCCCCCC(C)C. The van der Waals surface area contributed by atoms with Gasteiger partial charge in [-0.1, -0.05) is 306 Å². The predicted octanol–water partition coefficient (Wildman–Crippen LogP) is 20.5. The molecule has 17 nitrogen and oxygen atoms in total. The normalized spacial score (nSPS) is 14.2. The van der Waals surface area contributed by atoms with Crippen molar-refractivity contribution in [2.24, 2.45) is 23.7 Å². The summed E-state index contributed by atoms with van der Waals surface area (Å²) in [6.07, 6.45) is 44.6. The van der Waals surface area contributed by atoms with E-state index in [0.717, 1.165) is 108 Å². The van der Waals surface area contributed by atoms with Crippen LogP contribution in [0.5, 0.6) is 0 Å². The fraction of sp³-hybridized carbons (Fsp3) is 0.944. The van der Waals surface area contributed by atoms with Crippen LogP contribution in [0, 0.1) is 23.7 Å². The number of unbranched alkanes of at least 4 members (excludes halogenated alkanes) is 35. The van der Waals surface area contributed by atoms with Crippen molar-refractivity contribution in [1.29, 1.82) is 0 Å². The standard InChI is InChI=1S/C72H140O17P2/c1-62(2)48-40-32-24-17-14-12-10-9-11-13-15-19-28-36-44-52-69(74)82-59-68(89-72(77)55-47-39-31-23-27-35-43-51-65(7)8)61-87-91(80,81)85-57-66(73)56-84-90(78,79)86-60-67(58-83-70(75)53-45-37-29-22-21-26-34-42-50-64(5)6)88-71(76)54-46-38-30-20-16-18-25-33-41-49-63(3)4/h62-68,73H,9-61H2,1-8H3,(H,78,79)(H,80,81)/t66?,67-,68-/m1/s1. The van der Waals surface area contributed by atoms with Crippen LogP contribution in [-0.4, -0.2) is 96.7 Å². The molecule has 5 atom stereocenters. The molecule has 540 valence electrons. The van der Waals surface area contributed by atoms with Crippen LogP contribution >= 0.6 is 15.6 Å². The number of ether oxygens (including phenoxy) is 4. The number of rotatable bonds is 69. The van der Waals surface area contributed by atoms with E-state index in [-0.39, 0.29) is 25.7 Å². The zero-order valence-corrected chi connectivity index (χ0v) is 61.3. The summed E-state index contributed by atoms with van der Waals surface area (Å²) in [6, 6.07) is 0. The summed E-state index contributed by atoms with van der Waals surface area (Å²) in [6.45, 7) is 14.1. The first-order valence-corrected chi connectivity index (χ1v) is 40.2. The molecule has 0 aliphatic carbocycles. The Labute approximate surface area is 556 Å². The van der Waals surface area contributed by atoms with Gasteiger partial charge in [0.05, 0.1) is 26.4 Å². The first-order valence-electron chi connectivity index (χ1n) is 37.2. The number of hydrogen-bond acceptors (Lipinski definition) is 15. The van der Waals surface area contributed by atoms with Gasteiger partial charge in [0.25, 0.3) is 0 Å². The summed E-state index contributed by atoms with van der Waals surface area (Å²) in [5.74, 6) is 0.835. The van der Waals surface area contributed by atoms with Crippen molar-refractivity contribution in [1.82, 2.24) is 0 Å². The predicted molar refractivity (Wildman–Crippen MR) is 367 cm³/mol. The van der Waals surface area contributed by atoms with Gasteiger partial charge in [0.15, 0.2) is 12.2 Å². The van der Waals surface area contributed by atoms with Crippen LogP contribution < -0.4 is 0 Å². The molecule has 3 unspecified atom stereocenters. The summed E-state index contributed by atoms with van der Waals surface area (Å²) >= 11 is 0. The van der Waals surface area contributed by atoms with Gasteiger partial charge >= 0.3 is 39.5 Å². The van der Waals surface area contributed by atoms with Gasteiger partial charge in [-0.25, -0.2) is 9.13 Å². The van der Waals surface area contributed by atoms with Crippen molar-refractivity contribution in [3.63, 3.8) is 0 Å². The number of aliphatic hydroxyl groups is 1. The maximum atomic E-state index is 13.0. The summed E-state index contributed by atoms with van der Waals surface area (Å²) in [5, 5.41) is 10.6. The lowest BCUT2D eigenvalue weighted by molar-refractivity contribution is -0.161. The molecular formula is C72H140O17P2. The van der Waals surface area contributed by atoms with Crippen molar-refractivity contribution < 1.29 is 80.2 Å². The second kappa shape index (κ2) is 61.6. The topological polar surface area (TPSA) is 237 Å². The van der Waals surface area contributed by atoms with E-state index >= 15 is 0 Å². The number of hydrogen-bond donors (Lipinski definition) is 3. The summed E-state index contributed by atoms with van der Waals surface area (Å²) < 4.78 is 68.3. The van der Waals surface area contributed by atoms with Gasteiger partial charge in [0.2, 0.25) is 0 Å². The quantitative estimate of drug-likeness (QED) is 0.0222. The van der Waals surface area contributed by atoms with Crippen molar-refractivity contribution >= 4 is 39.5 Å². The minimum atomic E-state index is -4.95. The molecule has 0 radical (unpaired) electrons. The average molecular weight is 1340 g/mol. The molecular weight excluding hydrogens is 1200 g/mol. The smallest absolute Gasteiger partial charge is 0.462 e. The van der Waals surface area contributed by atoms with Gasteiger partial charge in [0.1, 0.15) is 19.3 Å². The summed E-state index contributed by atoms with van der Waals surface area (Å²) in [7, 11) is -9.90. The van der Waals surface area contributed by atoms with Crippen LogP contribution in [0.3, 0.4) is 0 Å². The lowest BCUT2D eigenvalue weighted by Crippen LogP contribution is -2.30. The Morgan fingerprint density at radius 2 is 0.462 bits per heavy atom. The highest BCUT2D eigenvalue weighted by atomic mass is 31.2. The second-order valence-corrected chi connectivity index (χ2v) is 30.8. The number of aliphatic hydroxyl groups excluding tert-OH is 1. The largest absolute Gasteiger partial charge is 0.472 e. The van der Waals surface area contributed by atoms with Gasteiger partial charge in [-0.2, -0.15) is 0 Å². The van der Waals surface area contributed by atoms with Crippen LogP contribution in [0.15, 0.2) is 0 Å². The Bertz CT molecular complexity index is 1800. The van der Waals surface area contributed by atoms with Crippen molar-refractivity contribution in [2.45, 2.75) is 375 Å². The number of carbonyl (C=O) groups is 4. The van der Waals surface area contributed by atoms with E-state index in [1.54, 1.807) is 0 Å². The fourth-order valence-electron chi connectivity index (χ4n) is 10.8. The fourth-order valence-corrected chi connectivity index (χ4v) is 12.4. The molecule has 0 bridgehead atoms. The molecule has 3 N–H and O–H groups in total. The van der Waals surface area contributed by atoms with Crippen LogP contribution in [0.2, 0.25) is 0 Å². The van der Waals surface area contributed by atoms with Crippen LogP contribution in [0.1, 0.15) is 357 Å². The minimum absolute atomic E-state index is 0.103. The Morgan fingerprint density at radius 1 is 0.275 bits per heavy atom. The molecule has 0 aliphatic heterocycles. The average Bonchev–Trinajstić information content (AvgIpc) is 3.12. The van der Waals surface area contributed by atoms with Crippen molar-refractivity contribution in [3.8, 4) is 0 Å². The van der Waals surface area contributed by atoms with E-state index < -0.39 is 97.5 Å². The van der Waals surface area contributed by atoms with Gasteiger partial charge in [-0.05, 0) is 49.4 Å². The second-order valence-electron chi connectivity index (χ2n) is 27.9. The third kappa shape index (κ3) is 66.5. The zero-order valence-electron chi connectivity index (χ0n) is 59.5. The first-order chi connectivity index (χ1) is 43.6. The van der Waals surface area contributed by atoms with Gasteiger partial charge in [0, 0.05) is 25.7 Å². The highest BCUT2D eigenvalue weighted by molar-refractivity contribution is 7.47. The molecule has 0 saturated heterocycles.